The Morgan fingerprint density at radius 1 is 1.47 bits per heavy atom. The molecule has 1 heterocycles. The van der Waals surface area contributed by atoms with Crippen molar-refractivity contribution in [2.45, 2.75) is 38.1 Å². The van der Waals surface area contributed by atoms with Crippen LogP contribution in [0.15, 0.2) is 0 Å². The van der Waals surface area contributed by atoms with Crippen LogP contribution in [0, 0.1) is 23.2 Å². The highest BCUT2D eigenvalue weighted by Gasteiger charge is 2.43. The number of hydrogen-bond acceptors (Lipinski definition) is 3. The Morgan fingerprint density at radius 2 is 2.20 bits per heavy atom. The molecule has 2 atom stereocenters. The van der Waals surface area contributed by atoms with Crippen LogP contribution in [0.25, 0.3) is 0 Å². The highest BCUT2D eigenvalue weighted by atomic mass is 15.2. The minimum absolute atomic E-state index is 0.458. The van der Waals surface area contributed by atoms with Crippen molar-refractivity contribution in [3.8, 4) is 6.07 Å². The highest BCUT2D eigenvalue weighted by molar-refractivity contribution is 5.14. The summed E-state index contributed by atoms with van der Waals surface area (Å²) in [7, 11) is 0. The molecule has 2 fully saturated rings. The van der Waals surface area contributed by atoms with E-state index in [0.29, 0.717) is 5.92 Å². The molecule has 0 radical (unpaired) electrons. The van der Waals surface area contributed by atoms with Gasteiger partial charge in [-0.25, -0.2) is 0 Å². The van der Waals surface area contributed by atoms with Gasteiger partial charge >= 0.3 is 0 Å². The van der Waals surface area contributed by atoms with E-state index in [1.165, 1.54) is 12.8 Å². The van der Waals surface area contributed by atoms with Gasteiger partial charge < -0.3 is 10.6 Å². The molecule has 3 nitrogen and oxygen atoms in total. The molecule has 0 aromatic rings. The van der Waals surface area contributed by atoms with Gasteiger partial charge in [0.15, 0.2) is 0 Å². The normalized spacial score (nSPS) is 31.9. The molecule has 1 aliphatic heterocycles. The lowest BCUT2D eigenvalue weighted by Crippen LogP contribution is -2.52. The van der Waals surface area contributed by atoms with E-state index in [2.05, 4.69) is 17.9 Å². The van der Waals surface area contributed by atoms with Crippen LogP contribution in [0.3, 0.4) is 0 Å². The molecule has 0 spiro atoms. The largest absolute Gasteiger partial charge is 0.312 e. The summed E-state index contributed by atoms with van der Waals surface area (Å²) in [5.74, 6) is 1.22. The minimum atomic E-state index is -0.572. The number of rotatable bonds is 3. The second kappa shape index (κ2) is 4.11. The summed E-state index contributed by atoms with van der Waals surface area (Å²) >= 11 is 0. The fourth-order valence-corrected chi connectivity index (χ4v) is 2.65. The molecule has 2 aliphatic rings. The van der Waals surface area contributed by atoms with Crippen molar-refractivity contribution in [1.82, 2.24) is 4.90 Å². The highest BCUT2D eigenvalue weighted by Crippen LogP contribution is 2.38. The Bertz CT molecular complexity index is 267. The second-order valence-corrected chi connectivity index (χ2v) is 5.41. The molecule has 15 heavy (non-hydrogen) atoms. The molecule has 2 rings (SSSR count). The minimum Gasteiger partial charge on any atom is -0.312 e. The number of nitriles is 1. The van der Waals surface area contributed by atoms with E-state index in [1.807, 2.05) is 0 Å². The molecule has 2 N–H and O–H groups in total. The zero-order valence-electron chi connectivity index (χ0n) is 9.58. The Hall–Kier alpha value is -0.590. The van der Waals surface area contributed by atoms with Gasteiger partial charge in [0.2, 0.25) is 0 Å². The van der Waals surface area contributed by atoms with Crippen molar-refractivity contribution >= 4 is 0 Å². The van der Waals surface area contributed by atoms with E-state index in [-0.39, 0.29) is 0 Å². The maximum absolute atomic E-state index is 9.19. The number of nitrogens with two attached hydrogens (primary N) is 1. The summed E-state index contributed by atoms with van der Waals surface area (Å²) in [5, 5.41) is 9.19. The molecule has 1 saturated heterocycles. The maximum Gasteiger partial charge on any atom is 0.119 e. The molecule has 0 bridgehead atoms. The first-order valence-corrected chi connectivity index (χ1v) is 6.06. The van der Waals surface area contributed by atoms with E-state index in [4.69, 9.17) is 5.73 Å². The predicted molar refractivity (Wildman–Crippen MR) is 60.1 cm³/mol. The topological polar surface area (TPSA) is 53.0 Å². The molecular formula is C12H21N3. The van der Waals surface area contributed by atoms with Gasteiger partial charge in [0.1, 0.15) is 5.54 Å². The fourth-order valence-electron chi connectivity index (χ4n) is 2.65. The summed E-state index contributed by atoms with van der Waals surface area (Å²) in [6, 6.07) is 2.34. The third-order valence-electron chi connectivity index (χ3n) is 3.74. The number of likely N-dealkylation sites (tertiary alicyclic amines) is 1. The quantitative estimate of drug-likeness (QED) is 0.760. The predicted octanol–water partition coefficient (Wildman–Crippen LogP) is 1.35. The van der Waals surface area contributed by atoms with Gasteiger partial charge in [-0.2, -0.15) is 5.26 Å². The number of hydrogen-bond donors (Lipinski definition) is 1. The lowest BCUT2D eigenvalue weighted by Gasteiger charge is -2.35. The van der Waals surface area contributed by atoms with Crippen molar-refractivity contribution in [3.05, 3.63) is 0 Å². The monoisotopic (exact) mass is 207 g/mol. The third-order valence-corrected chi connectivity index (χ3v) is 3.74. The van der Waals surface area contributed by atoms with Crippen LogP contribution in [-0.2, 0) is 0 Å². The van der Waals surface area contributed by atoms with E-state index < -0.39 is 5.54 Å². The number of piperidine rings is 1. The third kappa shape index (κ3) is 2.50. The van der Waals surface area contributed by atoms with Crippen LogP contribution in [0.5, 0.6) is 0 Å². The Labute approximate surface area is 92.2 Å². The van der Waals surface area contributed by atoms with Gasteiger partial charge in [-0.05, 0) is 44.1 Å². The smallest absolute Gasteiger partial charge is 0.119 e. The molecule has 1 saturated carbocycles. The molecular weight excluding hydrogens is 186 g/mol. The van der Waals surface area contributed by atoms with Crippen LogP contribution in [0.4, 0.5) is 0 Å². The average Bonchev–Trinajstić information content (AvgIpc) is 3.01. The van der Waals surface area contributed by atoms with Crippen LogP contribution >= 0.6 is 0 Å². The summed E-state index contributed by atoms with van der Waals surface area (Å²) in [5.41, 5.74) is 5.60. The lowest BCUT2D eigenvalue weighted by molar-refractivity contribution is 0.154. The maximum atomic E-state index is 9.19. The van der Waals surface area contributed by atoms with E-state index in [1.54, 1.807) is 0 Å². The van der Waals surface area contributed by atoms with Crippen molar-refractivity contribution in [3.63, 3.8) is 0 Å². The summed E-state index contributed by atoms with van der Waals surface area (Å²) < 4.78 is 0. The standard InChI is InChI=1S/C12H21N3/c1-10-3-2-6-15(7-10)9-12(14,8-13)11-4-5-11/h10-11H,2-7,9,14H2,1H3. The zero-order chi connectivity index (χ0) is 10.9. The first kappa shape index (κ1) is 10.9. The first-order valence-electron chi connectivity index (χ1n) is 6.06. The molecule has 0 aromatic heterocycles. The van der Waals surface area contributed by atoms with Gasteiger partial charge in [-0.3, -0.25) is 0 Å². The van der Waals surface area contributed by atoms with Crippen LogP contribution in [0.1, 0.15) is 32.6 Å². The van der Waals surface area contributed by atoms with Crippen molar-refractivity contribution in [1.29, 1.82) is 5.26 Å². The van der Waals surface area contributed by atoms with Gasteiger partial charge in [0.05, 0.1) is 6.07 Å². The molecule has 3 heteroatoms. The van der Waals surface area contributed by atoms with E-state index in [0.717, 1.165) is 38.4 Å². The van der Waals surface area contributed by atoms with Gasteiger partial charge in [0, 0.05) is 13.1 Å². The lowest BCUT2D eigenvalue weighted by atomic mass is 9.93. The Balaban J connectivity index is 1.91. The van der Waals surface area contributed by atoms with Crippen molar-refractivity contribution in [2.75, 3.05) is 19.6 Å². The van der Waals surface area contributed by atoms with Gasteiger partial charge in [-0.15, -0.1) is 0 Å². The molecule has 84 valence electrons. The van der Waals surface area contributed by atoms with E-state index >= 15 is 0 Å². The average molecular weight is 207 g/mol. The molecule has 0 amide bonds. The zero-order valence-corrected chi connectivity index (χ0v) is 9.58. The Morgan fingerprint density at radius 3 is 2.73 bits per heavy atom. The summed E-state index contributed by atoms with van der Waals surface area (Å²) in [6.07, 6.45) is 4.87. The van der Waals surface area contributed by atoms with Crippen molar-refractivity contribution < 1.29 is 0 Å². The summed E-state index contributed by atoms with van der Waals surface area (Å²) in [6.45, 7) is 5.30. The fraction of sp³-hybridized carbons (Fsp3) is 0.917. The Kier molecular flexibility index (Phi) is 2.99. The molecule has 0 aromatic carbocycles. The molecule has 1 aliphatic carbocycles. The second-order valence-electron chi connectivity index (χ2n) is 5.41. The van der Waals surface area contributed by atoms with Crippen LogP contribution in [-0.4, -0.2) is 30.1 Å². The van der Waals surface area contributed by atoms with Crippen LogP contribution in [0.2, 0.25) is 0 Å². The van der Waals surface area contributed by atoms with E-state index in [9.17, 15) is 5.26 Å². The number of nitrogens with zero attached hydrogens (tertiary/aromatic N) is 2. The summed E-state index contributed by atoms with van der Waals surface area (Å²) in [4.78, 5) is 2.38. The van der Waals surface area contributed by atoms with Gasteiger partial charge in [0.25, 0.3) is 0 Å². The van der Waals surface area contributed by atoms with Crippen molar-refractivity contribution in [2.24, 2.45) is 17.6 Å². The van der Waals surface area contributed by atoms with Crippen LogP contribution < -0.4 is 5.73 Å². The molecule has 2 unspecified atom stereocenters. The van der Waals surface area contributed by atoms with Gasteiger partial charge in [-0.1, -0.05) is 6.92 Å². The first-order chi connectivity index (χ1) is 7.14. The SMILES string of the molecule is CC1CCCN(CC(N)(C#N)C2CC2)C1.